The third kappa shape index (κ3) is 3.73. The summed E-state index contributed by atoms with van der Waals surface area (Å²) >= 11 is 5.30. The lowest BCUT2D eigenvalue weighted by molar-refractivity contribution is -0.136. The van der Waals surface area contributed by atoms with Crippen molar-refractivity contribution < 1.29 is 22.6 Å². The fourth-order valence-corrected chi connectivity index (χ4v) is 3.68. The van der Waals surface area contributed by atoms with Gasteiger partial charge in [-0.3, -0.25) is 14.3 Å². The molecule has 0 atom stereocenters. The molecule has 164 valence electrons. The number of pyridine rings is 1. The topological polar surface area (TPSA) is 69.1 Å². The van der Waals surface area contributed by atoms with Gasteiger partial charge in [-0.1, -0.05) is 12.1 Å². The SMILES string of the molecule is COc1ccc(-c2cc(C(F)(F)F)c3c(=O)[nH]c(=S)n(-c4ccccc4OC)c3n2)cc1. The van der Waals surface area contributed by atoms with Gasteiger partial charge in [0.15, 0.2) is 10.4 Å². The zero-order chi connectivity index (χ0) is 23.0. The first-order chi connectivity index (χ1) is 15.2. The molecule has 0 aliphatic rings. The Balaban J connectivity index is 2.16. The van der Waals surface area contributed by atoms with Crippen molar-refractivity contribution >= 4 is 23.3 Å². The van der Waals surface area contributed by atoms with Crippen LogP contribution in [0.3, 0.4) is 0 Å². The van der Waals surface area contributed by atoms with E-state index in [1.807, 2.05) is 0 Å². The third-order valence-electron chi connectivity index (χ3n) is 4.88. The van der Waals surface area contributed by atoms with E-state index in [0.29, 0.717) is 22.7 Å². The van der Waals surface area contributed by atoms with Crippen molar-refractivity contribution in [1.82, 2.24) is 14.5 Å². The molecule has 0 saturated heterocycles. The maximum absolute atomic E-state index is 14.0. The normalized spacial score (nSPS) is 11.5. The van der Waals surface area contributed by atoms with Crippen LogP contribution < -0.4 is 15.0 Å². The summed E-state index contributed by atoms with van der Waals surface area (Å²) in [5, 5.41) is -0.616. The quantitative estimate of drug-likeness (QED) is 0.428. The molecule has 0 radical (unpaired) electrons. The van der Waals surface area contributed by atoms with Gasteiger partial charge in [-0.15, -0.1) is 0 Å². The number of methoxy groups -OCH3 is 2. The van der Waals surface area contributed by atoms with E-state index in [1.165, 1.54) is 18.8 Å². The highest BCUT2D eigenvalue weighted by Crippen LogP contribution is 2.37. The summed E-state index contributed by atoms with van der Waals surface area (Å²) in [4.78, 5) is 19.4. The van der Waals surface area contributed by atoms with Crippen LogP contribution in [-0.4, -0.2) is 28.8 Å². The maximum Gasteiger partial charge on any atom is 0.417 e. The van der Waals surface area contributed by atoms with E-state index in [1.54, 1.807) is 48.5 Å². The summed E-state index contributed by atoms with van der Waals surface area (Å²) in [5.41, 5.74) is -1.55. The van der Waals surface area contributed by atoms with Gasteiger partial charge in [0.1, 0.15) is 11.5 Å². The lowest BCUT2D eigenvalue weighted by atomic mass is 10.1. The van der Waals surface area contributed by atoms with E-state index in [2.05, 4.69) is 9.97 Å². The minimum absolute atomic E-state index is 0.0242. The minimum Gasteiger partial charge on any atom is -0.497 e. The molecule has 0 bridgehead atoms. The maximum atomic E-state index is 14.0. The third-order valence-corrected chi connectivity index (χ3v) is 5.16. The van der Waals surface area contributed by atoms with Gasteiger partial charge in [-0.2, -0.15) is 13.2 Å². The van der Waals surface area contributed by atoms with Gasteiger partial charge in [-0.05, 0) is 54.7 Å². The van der Waals surface area contributed by atoms with Gasteiger partial charge >= 0.3 is 6.18 Å². The van der Waals surface area contributed by atoms with Crippen molar-refractivity contribution in [2.75, 3.05) is 14.2 Å². The Morgan fingerprint density at radius 1 is 1.03 bits per heavy atom. The van der Waals surface area contributed by atoms with Crippen LogP contribution in [0.4, 0.5) is 13.2 Å². The van der Waals surface area contributed by atoms with E-state index in [9.17, 15) is 18.0 Å². The number of halogens is 3. The van der Waals surface area contributed by atoms with E-state index >= 15 is 0 Å². The van der Waals surface area contributed by atoms with Crippen molar-refractivity contribution in [2.45, 2.75) is 6.18 Å². The number of ether oxygens (including phenoxy) is 2. The van der Waals surface area contributed by atoms with Gasteiger partial charge in [0, 0.05) is 5.56 Å². The number of aromatic amines is 1. The monoisotopic (exact) mass is 459 g/mol. The van der Waals surface area contributed by atoms with E-state index < -0.39 is 22.7 Å². The second kappa shape index (κ2) is 8.12. The smallest absolute Gasteiger partial charge is 0.417 e. The zero-order valence-electron chi connectivity index (χ0n) is 16.9. The Bertz CT molecular complexity index is 1430. The Morgan fingerprint density at radius 2 is 1.72 bits per heavy atom. The van der Waals surface area contributed by atoms with Crippen molar-refractivity contribution in [1.29, 1.82) is 0 Å². The molecule has 4 aromatic rings. The van der Waals surface area contributed by atoms with Crippen LogP contribution >= 0.6 is 12.2 Å². The summed E-state index contributed by atoms with van der Waals surface area (Å²) in [6.45, 7) is 0. The van der Waals surface area contributed by atoms with Crippen LogP contribution in [-0.2, 0) is 6.18 Å². The fraction of sp³-hybridized carbons (Fsp3) is 0.136. The van der Waals surface area contributed by atoms with Crippen LogP contribution in [0.5, 0.6) is 11.5 Å². The average molecular weight is 459 g/mol. The van der Waals surface area contributed by atoms with Crippen molar-refractivity contribution in [3.8, 4) is 28.4 Å². The Hall–Kier alpha value is -3.66. The standard InChI is InChI=1S/C22H16F3N3O3S/c1-30-13-9-7-12(8-10-13)15-11-14(22(23,24)25)18-19(26-15)28(21(32)27-20(18)29)16-5-3-4-6-17(16)31-2/h3-11H,1-2H3,(H,27,29,32). The predicted octanol–water partition coefficient (Wildman–Crippen LogP) is 5.15. The summed E-state index contributed by atoms with van der Waals surface area (Å²) in [7, 11) is 2.91. The molecule has 0 spiro atoms. The molecule has 6 nitrogen and oxygen atoms in total. The number of fused-ring (bicyclic) bond motifs is 1. The first-order valence-electron chi connectivity index (χ1n) is 9.29. The van der Waals surface area contributed by atoms with Crippen LogP contribution in [0.15, 0.2) is 59.4 Å². The number of para-hydroxylation sites is 2. The number of benzene rings is 2. The number of hydrogen-bond donors (Lipinski definition) is 1. The number of rotatable bonds is 4. The number of nitrogens with zero attached hydrogens (tertiary/aromatic N) is 2. The van der Waals surface area contributed by atoms with E-state index in [4.69, 9.17) is 21.7 Å². The van der Waals surface area contributed by atoms with E-state index in [0.717, 1.165) is 6.07 Å². The van der Waals surface area contributed by atoms with Crippen LogP contribution in [0.25, 0.3) is 28.0 Å². The highest BCUT2D eigenvalue weighted by molar-refractivity contribution is 7.71. The Labute approximate surface area is 184 Å². The first-order valence-corrected chi connectivity index (χ1v) is 9.70. The number of aromatic nitrogens is 3. The highest BCUT2D eigenvalue weighted by atomic mass is 32.1. The molecule has 2 aromatic carbocycles. The molecule has 0 aliphatic carbocycles. The minimum atomic E-state index is -4.81. The molecule has 2 heterocycles. The number of hydrogen-bond acceptors (Lipinski definition) is 5. The number of nitrogens with one attached hydrogen (secondary N) is 1. The van der Waals surface area contributed by atoms with Crippen molar-refractivity contribution in [3.05, 3.63) is 75.3 Å². The van der Waals surface area contributed by atoms with Gasteiger partial charge in [0.05, 0.1) is 36.6 Å². The Kier molecular flexibility index (Phi) is 5.47. The summed E-state index contributed by atoms with van der Waals surface area (Å²) < 4.78 is 53.7. The molecule has 0 unspecified atom stereocenters. The molecule has 0 amide bonds. The average Bonchev–Trinajstić information content (AvgIpc) is 2.78. The van der Waals surface area contributed by atoms with Crippen LogP contribution in [0.1, 0.15) is 5.56 Å². The molecular weight excluding hydrogens is 443 g/mol. The molecule has 0 fully saturated rings. The zero-order valence-corrected chi connectivity index (χ0v) is 17.7. The molecule has 2 aromatic heterocycles. The first kappa shape index (κ1) is 21.6. The van der Waals surface area contributed by atoms with Crippen LogP contribution in [0.2, 0.25) is 0 Å². The van der Waals surface area contributed by atoms with Gasteiger partial charge in [-0.25, -0.2) is 4.98 Å². The molecule has 4 rings (SSSR count). The largest absolute Gasteiger partial charge is 0.497 e. The van der Waals surface area contributed by atoms with E-state index in [-0.39, 0.29) is 16.1 Å². The lowest BCUT2D eigenvalue weighted by Gasteiger charge is -2.17. The second-order valence-corrected chi connectivity index (χ2v) is 7.13. The molecule has 1 N–H and O–H groups in total. The predicted molar refractivity (Wildman–Crippen MR) is 116 cm³/mol. The summed E-state index contributed by atoms with van der Waals surface area (Å²) in [6.07, 6.45) is -4.81. The highest BCUT2D eigenvalue weighted by Gasteiger charge is 2.35. The molecule has 0 aliphatic heterocycles. The van der Waals surface area contributed by atoms with Gasteiger partial charge in [0.2, 0.25) is 0 Å². The van der Waals surface area contributed by atoms with Gasteiger partial charge < -0.3 is 9.47 Å². The Morgan fingerprint density at radius 3 is 2.34 bits per heavy atom. The van der Waals surface area contributed by atoms with Crippen molar-refractivity contribution in [2.24, 2.45) is 0 Å². The number of H-pyrrole nitrogens is 1. The van der Waals surface area contributed by atoms with Crippen LogP contribution in [0, 0.1) is 4.77 Å². The second-order valence-electron chi connectivity index (χ2n) is 6.75. The number of alkyl halides is 3. The van der Waals surface area contributed by atoms with Gasteiger partial charge in [0.25, 0.3) is 5.56 Å². The molecule has 10 heteroatoms. The molecular formula is C22H16F3N3O3S. The van der Waals surface area contributed by atoms with Crippen molar-refractivity contribution in [3.63, 3.8) is 0 Å². The lowest BCUT2D eigenvalue weighted by Crippen LogP contribution is -2.20. The summed E-state index contributed by atoms with van der Waals surface area (Å²) in [5.74, 6) is 0.890. The summed E-state index contributed by atoms with van der Waals surface area (Å²) in [6, 6.07) is 13.9. The molecule has 0 saturated carbocycles. The fourth-order valence-electron chi connectivity index (χ4n) is 3.40. The molecule has 32 heavy (non-hydrogen) atoms.